The molecule has 0 bridgehead atoms. The second-order valence-electron chi connectivity index (χ2n) is 4.44. The van der Waals surface area contributed by atoms with Crippen LogP contribution in [0.2, 0.25) is 10.0 Å². The Labute approximate surface area is 135 Å². The van der Waals surface area contributed by atoms with Crippen LogP contribution in [0.4, 0.5) is 5.69 Å². The van der Waals surface area contributed by atoms with E-state index in [1.807, 2.05) is 42.5 Å². The van der Waals surface area contributed by atoms with E-state index < -0.39 is 0 Å². The van der Waals surface area contributed by atoms with Crippen molar-refractivity contribution < 1.29 is 0 Å². The monoisotopic (exact) mass is 368 g/mol. The van der Waals surface area contributed by atoms with Gasteiger partial charge in [0.05, 0.1) is 28.0 Å². The largest absolute Gasteiger partial charge is 0.378 e. The number of H-pyrrole nitrogens is 1. The molecule has 3 rings (SSSR count). The first-order valence-electron chi connectivity index (χ1n) is 6.09. The maximum atomic E-state index is 6.38. The van der Waals surface area contributed by atoms with Crippen LogP contribution in [0.5, 0.6) is 0 Å². The number of anilines is 1. The van der Waals surface area contributed by atoms with E-state index in [1.165, 1.54) is 0 Å². The number of benzene rings is 2. The van der Waals surface area contributed by atoms with Gasteiger partial charge >= 0.3 is 0 Å². The van der Waals surface area contributed by atoms with Gasteiger partial charge in [-0.2, -0.15) is 0 Å². The highest BCUT2D eigenvalue weighted by molar-refractivity contribution is 9.10. The van der Waals surface area contributed by atoms with Crippen molar-refractivity contribution in [3.8, 4) is 0 Å². The lowest BCUT2D eigenvalue weighted by Gasteiger charge is -2.08. The summed E-state index contributed by atoms with van der Waals surface area (Å²) in [5.41, 5.74) is 2.86. The van der Waals surface area contributed by atoms with Gasteiger partial charge in [-0.15, -0.1) is 0 Å². The zero-order chi connectivity index (χ0) is 14.1. The van der Waals surface area contributed by atoms with E-state index in [0.29, 0.717) is 11.6 Å². The van der Waals surface area contributed by atoms with Crippen molar-refractivity contribution in [2.45, 2.75) is 6.54 Å². The molecule has 2 nitrogen and oxygen atoms in total. The standard InChI is InChI=1S/C15H11BrCl2N2/c16-9-5-6-11(17)13(7-9)19-8-14-15(18)10-3-1-2-4-12(10)20-14/h1-7,19-20H,8H2. The molecule has 0 aliphatic heterocycles. The van der Waals surface area contributed by atoms with Gasteiger partial charge < -0.3 is 10.3 Å². The minimum absolute atomic E-state index is 0.587. The van der Waals surface area contributed by atoms with Gasteiger partial charge in [0, 0.05) is 15.4 Å². The fourth-order valence-electron chi connectivity index (χ4n) is 2.10. The van der Waals surface area contributed by atoms with Crippen molar-refractivity contribution in [2.75, 3.05) is 5.32 Å². The van der Waals surface area contributed by atoms with Gasteiger partial charge in [0.25, 0.3) is 0 Å². The number of halogens is 3. The number of aromatic nitrogens is 1. The zero-order valence-corrected chi connectivity index (χ0v) is 13.5. The molecule has 0 saturated carbocycles. The summed E-state index contributed by atoms with van der Waals surface area (Å²) in [5.74, 6) is 0. The van der Waals surface area contributed by atoms with Crippen molar-refractivity contribution in [2.24, 2.45) is 0 Å². The Morgan fingerprint density at radius 2 is 1.90 bits per heavy atom. The van der Waals surface area contributed by atoms with Crippen LogP contribution in [0.3, 0.4) is 0 Å². The molecule has 0 aliphatic rings. The van der Waals surface area contributed by atoms with Crippen LogP contribution in [0, 0.1) is 0 Å². The lowest BCUT2D eigenvalue weighted by atomic mass is 10.2. The molecule has 0 fully saturated rings. The summed E-state index contributed by atoms with van der Waals surface area (Å²) < 4.78 is 0.979. The average molecular weight is 370 g/mol. The Hall–Kier alpha value is -1.16. The van der Waals surface area contributed by atoms with Crippen LogP contribution >= 0.6 is 39.1 Å². The molecule has 0 spiro atoms. The van der Waals surface area contributed by atoms with E-state index in [2.05, 4.69) is 26.2 Å². The molecule has 3 aromatic rings. The van der Waals surface area contributed by atoms with E-state index in [-0.39, 0.29) is 0 Å². The molecule has 5 heteroatoms. The van der Waals surface area contributed by atoms with Crippen molar-refractivity contribution in [3.63, 3.8) is 0 Å². The number of nitrogens with one attached hydrogen (secondary N) is 2. The molecule has 2 aromatic carbocycles. The van der Waals surface area contributed by atoms with Gasteiger partial charge in [-0.05, 0) is 24.3 Å². The number of hydrogen-bond donors (Lipinski definition) is 2. The molecular formula is C15H11BrCl2N2. The number of hydrogen-bond acceptors (Lipinski definition) is 1. The Morgan fingerprint density at radius 1 is 1.10 bits per heavy atom. The Morgan fingerprint density at radius 3 is 2.70 bits per heavy atom. The van der Waals surface area contributed by atoms with Crippen molar-refractivity contribution >= 4 is 55.7 Å². The molecule has 102 valence electrons. The lowest BCUT2D eigenvalue weighted by Crippen LogP contribution is -2.00. The van der Waals surface area contributed by atoms with Crippen LogP contribution in [-0.4, -0.2) is 4.98 Å². The summed E-state index contributed by atoms with van der Waals surface area (Å²) in [5, 5.41) is 5.76. The molecule has 0 unspecified atom stereocenters. The predicted molar refractivity (Wildman–Crippen MR) is 89.8 cm³/mol. The molecule has 0 aliphatic carbocycles. The molecule has 0 amide bonds. The number of aromatic amines is 1. The van der Waals surface area contributed by atoms with Crippen LogP contribution in [-0.2, 0) is 6.54 Å². The SMILES string of the molecule is Clc1ccc(Br)cc1NCc1[nH]c2ccccc2c1Cl. The van der Waals surface area contributed by atoms with E-state index in [1.54, 1.807) is 0 Å². The smallest absolute Gasteiger partial charge is 0.0710 e. The number of rotatable bonds is 3. The highest BCUT2D eigenvalue weighted by atomic mass is 79.9. The van der Waals surface area contributed by atoms with E-state index >= 15 is 0 Å². The third kappa shape index (κ3) is 2.66. The predicted octanol–water partition coefficient (Wildman–Crippen LogP) is 5.85. The molecule has 20 heavy (non-hydrogen) atoms. The summed E-state index contributed by atoms with van der Waals surface area (Å²) >= 11 is 16.0. The Kier molecular flexibility index (Phi) is 3.92. The first kappa shape index (κ1) is 13.8. The van der Waals surface area contributed by atoms with Crippen molar-refractivity contribution in [1.29, 1.82) is 0 Å². The summed E-state index contributed by atoms with van der Waals surface area (Å²) in [6.07, 6.45) is 0. The van der Waals surface area contributed by atoms with E-state index in [0.717, 1.165) is 31.8 Å². The molecule has 0 radical (unpaired) electrons. The summed E-state index contributed by atoms with van der Waals surface area (Å²) in [6.45, 7) is 0.587. The molecule has 0 atom stereocenters. The molecular weight excluding hydrogens is 359 g/mol. The second kappa shape index (κ2) is 5.68. The summed E-state index contributed by atoms with van der Waals surface area (Å²) in [7, 11) is 0. The fraction of sp³-hybridized carbons (Fsp3) is 0.0667. The van der Waals surface area contributed by atoms with Gasteiger partial charge in [0.15, 0.2) is 0 Å². The normalized spacial score (nSPS) is 10.9. The van der Waals surface area contributed by atoms with Gasteiger partial charge in [-0.1, -0.05) is 57.3 Å². The Balaban J connectivity index is 1.87. The van der Waals surface area contributed by atoms with Crippen LogP contribution in [0.25, 0.3) is 10.9 Å². The molecule has 1 heterocycles. The minimum atomic E-state index is 0.587. The molecule has 2 N–H and O–H groups in total. The van der Waals surface area contributed by atoms with Crippen LogP contribution in [0.15, 0.2) is 46.9 Å². The van der Waals surface area contributed by atoms with E-state index in [9.17, 15) is 0 Å². The van der Waals surface area contributed by atoms with Crippen molar-refractivity contribution in [1.82, 2.24) is 4.98 Å². The third-order valence-corrected chi connectivity index (χ3v) is 4.35. The van der Waals surface area contributed by atoms with Gasteiger partial charge in [-0.25, -0.2) is 0 Å². The van der Waals surface area contributed by atoms with E-state index in [4.69, 9.17) is 23.2 Å². The number of para-hydroxylation sites is 1. The van der Waals surface area contributed by atoms with Gasteiger partial charge in [-0.3, -0.25) is 0 Å². The van der Waals surface area contributed by atoms with Crippen LogP contribution in [0.1, 0.15) is 5.69 Å². The highest BCUT2D eigenvalue weighted by Crippen LogP contribution is 2.30. The maximum Gasteiger partial charge on any atom is 0.0710 e. The number of fused-ring (bicyclic) bond motifs is 1. The fourth-order valence-corrected chi connectivity index (χ4v) is 2.93. The average Bonchev–Trinajstić information content (AvgIpc) is 2.77. The molecule has 0 saturated heterocycles. The second-order valence-corrected chi connectivity index (χ2v) is 6.14. The van der Waals surface area contributed by atoms with Crippen molar-refractivity contribution in [3.05, 3.63) is 62.7 Å². The maximum absolute atomic E-state index is 6.38. The first-order valence-corrected chi connectivity index (χ1v) is 7.64. The Bertz CT molecular complexity index is 768. The topological polar surface area (TPSA) is 27.8 Å². The lowest BCUT2D eigenvalue weighted by molar-refractivity contribution is 1.08. The first-order chi connectivity index (χ1) is 9.65. The van der Waals surface area contributed by atoms with Gasteiger partial charge in [0.1, 0.15) is 0 Å². The van der Waals surface area contributed by atoms with Crippen LogP contribution < -0.4 is 5.32 Å². The minimum Gasteiger partial charge on any atom is -0.378 e. The quantitative estimate of drug-likeness (QED) is 0.595. The zero-order valence-electron chi connectivity index (χ0n) is 10.4. The van der Waals surface area contributed by atoms with Gasteiger partial charge in [0.2, 0.25) is 0 Å². The molecule has 1 aromatic heterocycles. The summed E-state index contributed by atoms with van der Waals surface area (Å²) in [6, 6.07) is 13.7. The summed E-state index contributed by atoms with van der Waals surface area (Å²) in [4.78, 5) is 3.32. The highest BCUT2D eigenvalue weighted by Gasteiger charge is 2.09. The third-order valence-electron chi connectivity index (χ3n) is 3.10.